The molecule has 0 fully saturated rings. The summed E-state index contributed by atoms with van der Waals surface area (Å²) in [6.45, 7) is 0. The third-order valence-electron chi connectivity index (χ3n) is 1.90. The van der Waals surface area contributed by atoms with E-state index in [9.17, 15) is 4.79 Å². The van der Waals surface area contributed by atoms with E-state index in [1.807, 2.05) is 0 Å². The van der Waals surface area contributed by atoms with Gasteiger partial charge in [-0.3, -0.25) is 9.78 Å². The summed E-state index contributed by atoms with van der Waals surface area (Å²) in [4.78, 5) is 23.3. The minimum absolute atomic E-state index is 0.225. The SMILES string of the molecule is Cn1cncc1C(=O)Nc1cncc(Cl)n1. The molecular weight excluding hydrogens is 230 g/mol. The highest BCUT2D eigenvalue weighted by atomic mass is 35.5. The molecule has 0 aliphatic heterocycles. The summed E-state index contributed by atoms with van der Waals surface area (Å²) < 4.78 is 1.60. The van der Waals surface area contributed by atoms with Crippen molar-refractivity contribution >= 4 is 23.3 Å². The van der Waals surface area contributed by atoms with Gasteiger partial charge in [-0.1, -0.05) is 11.6 Å². The quantitative estimate of drug-likeness (QED) is 0.849. The first kappa shape index (κ1) is 10.6. The summed E-state index contributed by atoms with van der Waals surface area (Å²) in [6, 6.07) is 0. The predicted octanol–water partition coefficient (Wildman–Crippen LogP) is 1.12. The zero-order valence-corrected chi connectivity index (χ0v) is 9.14. The molecule has 0 spiro atoms. The van der Waals surface area contributed by atoms with Gasteiger partial charge in [-0.25, -0.2) is 9.97 Å². The molecule has 0 bridgehead atoms. The largest absolute Gasteiger partial charge is 0.330 e. The number of rotatable bonds is 2. The van der Waals surface area contributed by atoms with E-state index in [0.717, 1.165) is 0 Å². The van der Waals surface area contributed by atoms with Crippen molar-refractivity contribution in [2.24, 2.45) is 7.05 Å². The second kappa shape index (κ2) is 4.28. The summed E-state index contributed by atoms with van der Waals surface area (Å²) in [6.07, 6.45) is 5.81. The third-order valence-corrected chi connectivity index (χ3v) is 2.08. The number of aryl methyl sites for hydroxylation is 1. The van der Waals surface area contributed by atoms with Gasteiger partial charge in [-0.2, -0.15) is 0 Å². The van der Waals surface area contributed by atoms with Crippen LogP contribution in [-0.2, 0) is 7.05 Å². The van der Waals surface area contributed by atoms with Gasteiger partial charge in [0.15, 0.2) is 5.82 Å². The van der Waals surface area contributed by atoms with Crippen molar-refractivity contribution < 1.29 is 4.79 Å². The second-order valence-electron chi connectivity index (χ2n) is 3.07. The van der Waals surface area contributed by atoms with Gasteiger partial charge >= 0.3 is 0 Å². The molecule has 7 heteroatoms. The average molecular weight is 238 g/mol. The molecule has 82 valence electrons. The standard InChI is InChI=1S/C9H8ClN5O/c1-15-5-12-2-6(15)9(16)14-8-4-11-3-7(10)13-8/h2-5H,1H3,(H,13,14,16). The number of hydrogen-bond donors (Lipinski definition) is 1. The van der Waals surface area contributed by atoms with E-state index in [4.69, 9.17) is 11.6 Å². The van der Waals surface area contributed by atoms with Crippen LogP contribution in [0.25, 0.3) is 0 Å². The normalized spacial score (nSPS) is 10.1. The fraction of sp³-hybridized carbons (Fsp3) is 0.111. The predicted molar refractivity (Wildman–Crippen MR) is 58.2 cm³/mol. The highest BCUT2D eigenvalue weighted by molar-refractivity contribution is 6.29. The topological polar surface area (TPSA) is 72.7 Å². The number of aromatic nitrogens is 4. The lowest BCUT2D eigenvalue weighted by atomic mass is 10.4. The molecule has 2 aromatic rings. The Kier molecular flexibility index (Phi) is 2.82. The van der Waals surface area contributed by atoms with Crippen LogP contribution in [0.4, 0.5) is 5.82 Å². The minimum Gasteiger partial charge on any atom is -0.330 e. The Bertz CT molecular complexity index is 524. The van der Waals surface area contributed by atoms with Crippen molar-refractivity contribution in [2.75, 3.05) is 5.32 Å². The minimum atomic E-state index is -0.309. The number of carbonyl (C=O) groups is 1. The molecule has 0 aromatic carbocycles. The highest BCUT2D eigenvalue weighted by Crippen LogP contribution is 2.08. The van der Waals surface area contributed by atoms with Crippen LogP contribution in [0, 0.1) is 0 Å². The van der Waals surface area contributed by atoms with Gasteiger partial charge in [0.2, 0.25) is 0 Å². The Balaban J connectivity index is 2.17. The maximum Gasteiger partial charge on any atom is 0.275 e. The van der Waals surface area contributed by atoms with Crippen LogP contribution in [0.1, 0.15) is 10.5 Å². The average Bonchev–Trinajstić information content (AvgIpc) is 2.64. The summed E-state index contributed by atoms with van der Waals surface area (Å²) in [5.74, 6) is -0.00438. The Hall–Kier alpha value is -1.95. The highest BCUT2D eigenvalue weighted by Gasteiger charge is 2.10. The van der Waals surface area contributed by atoms with Crippen molar-refractivity contribution in [3.63, 3.8) is 0 Å². The van der Waals surface area contributed by atoms with Gasteiger partial charge in [-0.15, -0.1) is 0 Å². The number of hydrogen-bond acceptors (Lipinski definition) is 4. The first-order valence-electron chi connectivity index (χ1n) is 4.42. The summed E-state index contributed by atoms with van der Waals surface area (Å²) in [7, 11) is 1.73. The lowest BCUT2D eigenvalue weighted by molar-refractivity contribution is 0.101. The summed E-state index contributed by atoms with van der Waals surface area (Å²) in [5, 5.41) is 2.79. The van der Waals surface area contributed by atoms with Gasteiger partial charge in [0, 0.05) is 7.05 Å². The molecule has 0 aliphatic rings. The Labute approximate surface area is 96.3 Å². The zero-order chi connectivity index (χ0) is 11.5. The van der Waals surface area contributed by atoms with Crippen molar-refractivity contribution in [2.45, 2.75) is 0 Å². The lowest BCUT2D eigenvalue weighted by Crippen LogP contribution is -2.16. The molecule has 1 N–H and O–H groups in total. The first-order valence-corrected chi connectivity index (χ1v) is 4.80. The lowest BCUT2D eigenvalue weighted by Gasteiger charge is -2.03. The number of amides is 1. The van der Waals surface area contributed by atoms with E-state index in [1.165, 1.54) is 18.6 Å². The van der Waals surface area contributed by atoms with Gasteiger partial charge in [-0.05, 0) is 0 Å². The van der Waals surface area contributed by atoms with Crippen molar-refractivity contribution in [1.29, 1.82) is 0 Å². The van der Waals surface area contributed by atoms with E-state index in [2.05, 4.69) is 20.3 Å². The fourth-order valence-electron chi connectivity index (χ4n) is 1.16. The van der Waals surface area contributed by atoms with Crippen LogP contribution in [0.5, 0.6) is 0 Å². The Morgan fingerprint density at radius 3 is 2.81 bits per heavy atom. The molecule has 16 heavy (non-hydrogen) atoms. The summed E-state index contributed by atoms with van der Waals surface area (Å²) in [5.41, 5.74) is 0.432. The van der Waals surface area contributed by atoms with Crippen molar-refractivity contribution in [3.05, 3.63) is 35.8 Å². The number of imidazole rings is 1. The van der Waals surface area contributed by atoms with Crippen LogP contribution >= 0.6 is 11.6 Å². The Morgan fingerprint density at radius 2 is 2.19 bits per heavy atom. The van der Waals surface area contributed by atoms with Crippen LogP contribution in [0.3, 0.4) is 0 Å². The molecule has 0 atom stereocenters. The monoisotopic (exact) mass is 237 g/mol. The number of nitrogens with one attached hydrogen (secondary N) is 1. The van der Waals surface area contributed by atoms with Gasteiger partial charge in [0.25, 0.3) is 5.91 Å². The van der Waals surface area contributed by atoms with Crippen LogP contribution in [0.2, 0.25) is 5.15 Å². The molecule has 0 saturated carbocycles. The molecule has 0 saturated heterocycles. The van der Waals surface area contributed by atoms with Crippen LogP contribution in [0.15, 0.2) is 24.9 Å². The van der Waals surface area contributed by atoms with Gasteiger partial charge in [0.05, 0.1) is 24.9 Å². The van der Waals surface area contributed by atoms with E-state index in [-0.39, 0.29) is 11.1 Å². The summed E-state index contributed by atoms with van der Waals surface area (Å²) >= 11 is 5.64. The molecular formula is C9H8ClN5O. The first-order chi connectivity index (χ1) is 7.66. The maximum atomic E-state index is 11.7. The van der Waals surface area contributed by atoms with Gasteiger partial charge < -0.3 is 9.88 Å². The molecule has 2 heterocycles. The molecule has 0 radical (unpaired) electrons. The molecule has 0 unspecified atom stereocenters. The van der Waals surface area contributed by atoms with E-state index in [0.29, 0.717) is 11.5 Å². The fourth-order valence-corrected chi connectivity index (χ4v) is 1.31. The zero-order valence-electron chi connectivity index (χ0n) is 8.38. The van der Waals surface area contributed by atoms with E-state index >= 15 is 0 Å². The number of nitrogens with zero attached hydrogens (tertiary/aromatic N) is 4. The van der Waals surface area contributed by atoms with E-state index in [1.54, 1.807) is 17.9 Å². The maximum absolute atomic E-state index is 11.7. The molecule has 2 aromatic heterocycles. The van der Waals surface area contributed by atoms with Crippen LogP contribution < -0.4 is 5.32 Å². The molecule has 1 amide bonds. The smallest absolute Gasteiger partial charge is 0.275 e. The van der Waals surface area contributed by atoms with Crippen molar-refractivity contribution in [1.82, 2.24) is 19.5 Å². The third kappa shape index (κ3) is 2.17. The number of carbonyl (C=O) groups excluding carboxylic acids is 1. The van der Waals surface area contributed by atoms with Crippen molar-refractivity contribution in [3.8, 4) is 0 Å². The number of halogens is 1. The Morgan fingerprint density at radius 1 is 1.38 bits per heavy atom. The molecule has 0 aliphatic carbocycles. The van der Waals surface area contributed by atoms with Gasteiger partial charge in [0.1, 0.15) is 10.8 Å². The molecule has 2 rings (SSSR count). The molecule has 6 nitrogen and oxygen atoms in total. The second-order valence-corrected chi connectivity index (χ2v) is 3.46. The van der Waals surface area contributed by atoms with Crippen LogP contribution in [-0.4, -0.2) is 25.4 Å². The van der Waals surface area contributed by atoms with E-state index < -0.39 is 0 Å². The number of anilines is 1.